The predicted molar refractivity (Wildman–Crippen MR) is 83.7 cm³/mol. The number of nitrogens with one attached hydrogen (secondary N) is 1. The van der Waals surface area contributed by atoms with Gasteiger partial charge in [-0.15, -0.1) is 0 Å². The van der Waals surface area contributed by atoms with Gasteiger partial charge in [0.05, 0.1) is 6.54 Å². The summed E-state index contributed by atoms with van der Waals surface area (Å²) in [5, 5.41) is 2.85. The Kier molecular flexibility index (Phi) is 5.76. The van der Waals surface area contributed by atoms with Crippen molar-refractivity contribution in [2.45, 2.75) is 32.9 Å². The van der Waals surface area contributed by atoms with Crippen molar-refractivity contribution in [1.29, 1.82) is 0 Å². The quantitative estimate of drug-likeness (QED) is 0.794. The van der Waals surface area contributed by atoms with Crippen LogP contribution in [-0.4, -0.2) is 15.5 Å². The molecule has 1 amide bonds. The number of imidazole rings is 1. The average molecular weight is 283 g/mol. The largest absolute Gasteiger partial charge is 0.345 e. The second-order valence-electron chi connectivity index (χ2n) is 4.80. The molecule has 2 rings (SSSR count). The third-order valence-electron chi connectivity index (χ3n) is 3.21. The average Bonchev–Trinajstić information content (AvgIpc) is 2.97. The van der Waals surface area contributed by atoms with E-state index in [1.807, 2.05) is 37.4 Å². The first-order valence-corrected chi connectivity index (χ1v) is 7.28. The van der Waals surface area contributed by atoms with E-state index in [4.69, 9.17) is 0 Å². The van der Waals surface area contributed by atoms with Crippen LogP contribution in [0.3, 0.4) is 0 Å². The molecular weight excluding hydrogens is 262 g/mol. The van der Waals surface area contributed by atoms with Crippen molar-refractivity contribution in [2.75, 3.05) is 0 Å². The summed E-state index contributed by atoms with van der Waals surface area (Å²) in [5.41, 5.74) is 1.30. The maximum atomic E-state index is 11.6. The van der Waals surface area contributed by atoms with Gasteiger partial charge in [-0.25, -0.2) is 4.98 Å². The molecule has 0 radical (unpaired) electrons. The Morgan fingerprint density at radius 1 is 1.33 bits per heavy atom. The maximum Gasteiger partial charge on any atom is 0.244 e. The molecule has 21 heavy (non-hydrogen) atoms. The molecule has 4 heteroatoms. The highest BCUT2D eigenvalue weighted by Crippen LogP contribution is 2.04. The normalized spacial score (nSPS) is 10.9. The van der Waals surface area contributed by atoms with E-state index in [-0.39, 0.29) is 5.91 Å². The van der Waals surface area contributed by atoms with Crippen LogP contribution in [0.1, 0.15) is 24.7 Å². The van der Waals surface area contributed by atoms with E-state index in [0.29, 0.717) is 6.54 Å². The molecule has 0 bridgehead atoms. The Balaban J connectivity index is 1.87. The molecule has 0 spiro atoms. The van der Waals surface area contributed by atoms with E-state index in [0.717, 1.165) is 25.2 Å². The molecule has 1 heterocycles. The minimum atomic E-state index is -0.0746. The first-order valence-electron chi connectivity index (χ1n) is 7.28. The highest BCUT2D eigenvalue weighted by atomic mass is 16.1. The van der Waals surface area contributed by atoms with Crippen molar-refractivity contribution < 1.29 is 4.79 Å². The fraction of sp³-hybridized carbons (Fsp3) is 0.294. The van der Waals surface area contributed by atoms with Crippen LogP contribution in [0.15, 0.2) is 54.9 Å². The predicted octanol–water partition coefficient (Wildman–Crippen LogP) is 2.71. The standard InChI is InChI=1S/C17H21N3O/c1-2-3-9-17(21)19-14-16-18-11-13-20(16)12-10-15-7-5-4-6-8-15/h3-9,11,13H,2,10,12,14H2,1H3,(H,19,21). The molecule has 4 nitrogen and oxygen atoms in total. The van der Waals surface area contributed by atoms with Gasteiger partial charge in [-0.05, 0) is 24.5 Å². The van der Waals surface area contributed by atoms with Gasteiger partial charge in [0, 0.05) is 18.9 Å². The Bertz CT molecular complexity index is 587. The van der Waals surface area contributed by atoms with Crippen LogP contribution in [-0.2, 0) is 24.3 Å². The zero-order valence-electron chi connectivity index (χ0n) is 12.3. The third-order valence-corrected chi connectivity index (χ3v) is 3.21. The third kappa shape index (κ3) is 4.91. The summed E-state index contributed by atoms with van der Waals surface area (Å²) < 4.78 is 2.08. The number of allylic oxidation sites excluding steroid dienone is 1. The SMILES string of the molecule is CCC=CC(=O)NCc1nccn1CCc1ccccc1. The van der Waals surface area contributed by atoms with E-state index in [2.05, 4.69) is 27.0 Å². The topological polar surface area (TPSA) is 46.9 Å². The molecule has 0 aliphatic carbocycles. The summed E-state index contributed by atoms with van der Waals surface area (Å²) >= 11 is 0. The molecule has 1 aromatic carbocycles. The Morgan fingerprint density at radius 2 is 2.14 bits per heavy atom. The lowest BCUT2D eigenvalue weighted by Gasteiger charge is -2.08. The smallest absolute Gasteiger partial charge is 0.244 e. The number of aromatic nitrogens is 2. The van der Waals surface area contributed by atoms with E-state index in [9.17, 15) is 4.79 Å². The van der Waals surface area contributed by atoms with Gasteiger partial charge in [0.15, 0.2) is 0 Å². The van der Waals surface area contributed by atoms with Crippen LogP contribution in [0.5, 0.6) is 0 Å². The van der Waals surface area contributed by atoms with Crippen molar-refractivity contribution in [3.8, 4) is 0 Å². The van der Waals surface area contributed by atoms with Gasteiger partial charge in [-0.2, -0.15) is 0 Å². The Morgan fingerprint density at radius 3 is 2.90 bits per heavy atom. The zero-order valence-corrected chi connectivity index (χ0v) is 12.3. The van der Waals surface area contributed by atoms with Crippen molar-refractivity contribution in [1.82, 2.24) is 14.9 Å². The van der Waals surface area contributed by atoms with Crippen molar-refractivity contribution in [3.63, 3.8) is 0 Å². The molecule has 0 fully saturated rings. The molecule has 1 N–H and O–H groups in total. The minimum Gasteiger partial charge on any atom is -0.345 e. The second kappa shape index (κ2) is 8.04. The lowest BCUT2D eigenvalue weighted by molar-refractivity contribution is -0.116. The summed E-state index contributed by atoms with van der Waals surface area (Å²) in [5.74, 6) is 0.804. The molecule has 0 saturated carbocycles. The zero-order chi connectivity index (χ0) is 14.9. The summed E-state index contributed by atoms with van der Waals surface area (Å²) in [4.78, 5) is 15.9. The minimum absolute atomic E-state index is 0.0746. The van der Waals surface area contributed by atoms with Crippen molar-refractivity contribution in [2.24, 2.45) is 0 Å². The van der Waals surface area contributed by atoms with Crippen molar-refractivity contribution >= 4 is 5.91 Å². The van der Waals surface area contributed by atoms with Gasteiger partial charge in [0.2, 0.25) is 5.91 Å². The number of nitrogens with zero attached hydrogens (tertiary/aromatic N) is 2. The molecule has 2 aromatic rings. The molecular formula is C17H21N3O. The molecule has 1 aromatic heterocycles. The number of hydrogen-bond donors (Lipinski definition) is 1. The molecule has 0 saturated heterocycles. The molecule has 0 atom stereocenters. The molecule has 0 aliphatic rings. The van der Waals surface area contributed by atoms with Crippen molar-refractivity contribution in [3.05, 3.63) is 66.3 Å². The maximum absolute atomic E-state index is 11.6. The number of carbonyl (C=O) groups excluding carboxylic acids is 1. The lowest BCUT2D eigenvalue weighted by Crippen LogP contribution is -2.23. The van der Waals surface area contributed by atoms with Gasteiger partial charge in [0.1, 0.15) is 5.82 Å². The van der Waals surface area contributed by atoms with Crippen LogP contribution in [0, 0.1) is 0 Å². The van der Waals surface area contributed by atoms with Crippen LogP contribution < -0.4 is 5.32 Å². The molecule has 110 valence electrons. The van der Waals surface area contributed by atoms with E-state index in [1.54, 1.807) is 12.3 Å². The van der Waals surface area contributed by atoms with Crippen LogP contribution in [0.25, 0.3) is 0 Å². The number of amides is 1. The summed E-state index contributed by atoms with van der Waals surface area (Å²) in [6.45, 7) is 3.31. The lowest BCUT2D eigenvalue weighted by atomic mass is 10.1. The first kappa shape index (κ1) is 15.0. The summed E-state index contributed by atoms with van der Waals surface area (Å²) in [6, 6.07) is 10.3. The number of hydrogen-bond acceptors (Lipinski definition) is 2. The van der Waals surface area contributed by atoms with Gasteiger partial charge >= 0.3 is 0 Å². The number of benzene rings is 1. The van der Waals surface area contributed by atoms with Crippen LogP contribution in [0.4, 0.5) is 0 Å². The number of aryl methyl sites for hydroxylation is 2. The summed E-state index contributed by atoms with van der Waals surface area (Å²) in [6.07, 6.45) is 8.95. The van der Waals surface area contributed by atoms with E-state index in [1.165, 1.54) is 5.56 Å². The van der Waals surface area contributed by atoms with E-state index >= 15 is 0 Å². The van der Waals surface area contributed by atoms with Gasteiger partial charge < -0.3 is 9.88 Å². The number of carbonyl (C=O) groups is 1. The Hall–Kier alpha value is -2.36. The van der Waals surface area contributed by atoms with Gasteiger partial charge in [-0.3, -0.25) is 4.79 Å². The highest BCUT2D eigenvalue weighted by Gasteiger charge is 2.04. The fourth-order valence-electron chi connectivity index (χ4n) is 2.06. The van der Waals surface area contributed by atoms with Crippen LogP contribution >= 0.6 is 0 Å². The van der Waals surface area contributed by atoms with Gasteiger partial charge in [-0.1, -0.05) is 43.3 Å². The van der Waals surface area contributed by atoms with Crippen LogP contribution in [0.2, 0.25) is 0 Å². The van der Waals surface area contributed by atoms with Gasteiger partial charge in [0.25, 0.3) is 0 Å². The fourth-order valence-corrected chi connectivity index (χ4v) is 2.06. The first-order chi connectivity index (χ1) is 10.3. The molecule has 0 unspecified atom stereocenters. The number of rotatable bonds is 7. The highest BCUT2D eigenvalue weighted by molar-refractivity contribution is 5.87. The monoisotopic (exact) mass is 283 g/mol. The second-order valence-corrected chi connectivity index (χ2v) is 4.80. The Labute approximate surface area is 125 Å². The summed E-state index contributed by atoms with van der Waals surface area (Å²) in [7, 11) is 0. The molecule has 0 aliphatic heterocycles. The van der Waals surface area contributed by atoms with E-state index < -0.39 is 0 Å².